The molecule has 146 valence electrons. The standard InChI is InChI=1S/C22H18FN3O2S/c1-15(27)18-10-24-26(11-18)12-22-25-21(14-29-22)17-3-2-4-20(9-17)28-13-16-5-7-19(23)8-6-16/h2-11,14,27H,1,12-13H2. The molecule has 0 fully saturated rings. The molecule has 5 nitrogen and oxygen atoms in total. The van der Waals surface area contributed by atoms with Gasteiger partial charge in [0.15, 0.2) is 0 Å². The second-order valence-corrected chi connectivity index (χ2v) is 7.39. The molecule has 7 heteroatoms. The summed E-state index contributed by atoms with van der Waals surface area (Å²) in [6.45, 7) is 4.37. The summed E-state index contributed by atoms with van der Waals surface area (Å²) in [5.74, 6) is 0.454. The van der Waals surface area contributed by atoms with E-state index in [0.29, 0.717) is 18.7 Å². The highest BCUT2D eigenvalue weighted by Crippen LogP contribution is 2.26. The Morgan fingerprint density at radius 1 is 1.21 bits per heavy atom. The maximum atomic E-state index is 13.0. The molecule has 2 aromatic carbocycles. The summed E-state index contributed by atoms with van der Waals surface area (Å²) in [5.41, 5.74) is 3.30. The number of ether oxygens (including phenoxy) is 1. The highest BCUT2D eigenvalue weighted by atomic mass is 32.1. The normalized spacial score (nSPS) is 10.8. The molecule has 0 saturated heterocycles. The topological polar surface area (TPSA) is 60.2 Å². The molecule has 0 radical (unpaired) electrons. The largest absolute Gasteiger partial charge is 0.508 e. The summed E-state index contributed by atoms with van der Waals surface area (Å²) < 4.78 is 20.5. The number of rotatable bonds is 7. The van der Waals surface area contributed by atoms with E-state index in [4.69, 9.17) is 4.74 Å². The predicted molar refractivity (Wildman–Crippen MR) is 111 cm³/mol. The number of nitrogens with zero attached hydrogens (tertiary/aromatic N) is 3. The molecule has 1 N–H and O–H groups in total. The van der Waals surface area contributed by atoms with Crippen molar-refractivity contribution in [2.75, 3.05) is 0 Å². The molecule has 0 bridgehead atoms. The molecule has 0 aliphatic heterocycles. The number of hydrogen-bond donors (Lipinski definition) is 1. The maximum Gasteiger partial charge on any atom is 0.123 e. The van der Waals surface area contributed by atoms with Crippen LogP contribution >= 0.6 is 11.3 Å². The Bertz CT molecular complexity index is 1130. The Morgan fingerprint density at radius 3 is 2.79 bits per heavy atom. The van der Waals surface area contributed by atoms with E-state index in [1.54, 1.807) is 40.5 Å². The van der Waals surface area contributed by atoms with E-state index in [9.17, 15) is 9.50 Å². The van der Waals surface area contributed by atoms with Gasteiger partial charge in [0.05, 0.1) is 24.0 Å². The van der Waals surface area contributed by atoms with Crippen molar-refractivity contribution in [3.63, 3.8) is 0 Å². The van der Waals surface area contributed by atoms with Crippen LogP contribution in [0.3, 0.4) is 0 Å². The van der Waals surface area contributed by atoms with Crippen molar-refractivity contribution in [2.45, 2.75) is 13.2 Å². The molecule has 0 saturated carbocycles. The van der Waals surface area contributed by atoms with E-state index >= 15 is 0 Å². The molecule has 4 aromatic rings. The van der Waals surface area contributed by atoms with Gasteiger partial charge >= 0.3 is 0 Å². The molecular formula is C22H18FN3O2S. The van der Waals surface area contributed by atoms with Gasteiger partial charge in [-0.25, -0.2) is 9.37 Å². The first-order valence-corrected chi connectivity index (χ1v) is 9.77. The zero-order valence-corrected chi connectivity index (χ0v) is 16.3. The van der Waals surface area contributed by atoms with Gasteiger partial charge < -0.3 is 9.84 Å². The first-order chi connectivity index (χ1) is 14.1. The van der Waals surface area contributed by atoms with Crippen LogP contribution in [0.25, 0.3) is 17.0 Å². The van der Waals surface area contributed by atoms with Crippen LogP contribution in [-0.2, 0) is 13.2 Å². The van der Waals surface area contributed by atoms with E-state index < -0.39 is 0 Å². The van der Waals surface area contributed by atoms with Crippen LogP contribution in [0, 0.1) is 5.82 Å². The third-order valence-electron chi connectivity index (χ3n) is 4.26. The molecule has 0 spiro atoms. The minimum Gasteiger partial charge on any atom is -0.508 e. The van der Waals surface area contributed by atoms with Gasteiger partial charge in [0.1, 0.15) is 28.9 Å². The van der Waals surface area contributed by atoms with Gasteiger partial charge in [0.25, 0.3) is 0 Å². The van der Waals surface area contributed by atoms with Crippen LogP contribution in [0.2, 0.25) is 0 Å². The van der Waals surface area contributed by atoms with Gasteiger partial charge in [-0.3, -0.25) is 4.68 Å². The average Bonchev–Trinajstić information content (AvgIpc) is 3.38. The summed E-state index contributed by atoms with van der Waals surface area (Å²) in [4.78, 5) is 4.67. The summed E-state index contributed by atoms with van der Waals surface area (Å²) in [5, 5.41) is 16.5. The highest BCUT2D eigenvalue weighted by Gasteiger charge is 2.08. The van der Waals surface area contributed by atoms with E-state index in [2.05, 4.69) is 16.7 Å². The van der Waals surface area contributed by atoms with Gasteiger partial charge in [0, 0.05) is 17.1 Å². The number of aromatic nitrogens is 3. The van der Waals surface area contributed by atoms with E-state index in [-0.39, 0.29) is 11.6 Å². The van der Waals surface area contributed by atoms with Gasteiger partial charge in [-0.05, 0) is 29.8 Å². The fraction of sp³-hybridized carbons (Fsp3) is 0.0909. The molecule has 29 heavy (non-hydrogen) atoms. The summed E-state index contributed by atoms with van der Waals surface area (Å²) in [6.07, 6.45) is 3.30. The number of hydrogen-bond acceptors (Lipinski definition) is 5. The van der Waals surface area contributed by atoms with E-state index in [1.165, 1.54) is 12.1 Å². The van der Waals surface area contributed by atoms with Crippen molar-refractivity contribution in [3.8, 4) is 17.0 Å². The number of aliphatic hydroxyl groups excluding tert-OH is 1. The van der Waals surface area contributed by atoms with Crippen molar-refractivity contribution in [1.29, 1.82) is 0 Å². The molecule has 2 heterocycles. The van der Waals surface area contributed by atoms with Crippen molar-refractivity contribution < 1.29 is 14.2 Å². The van der Waals surface area contributed by atoms with Gasteiger partial charge in [0.2, 0.25) is 0 Å². The molecule has 0 aliphatic rings. The molecule has 0 atom stereocenters. The summed E-state index contributed by atoms with van der Waals surface area (Å²) in [7, 11) is 0. The molecule has 0 unspecified atom stereocenters. The smallest absolute Gasteiger partial charge is 0.123 e. The second kappa shape index (κ2) is 8.28. The Balaban J connectivity index is 1.44. The fourth-order valence-corrected chi connectivity index (χ4v) is 3.54. The van der Waals surface area contributed by atoms with Crippen molar-refractivity contribution in [2.24, 2.45) is 0 Å². The Labute approximate surface area is 171 Å². The number of halogens is 1. The molecule has 2 aromatic heterocycles. The molecular weight excluding hydrogens is 389 g/mol. The summed E-state index contributed by atoms with van der Waals surface area (Å²) >= 11 is 1.54. The number of aliphatic hydroxyl groups is 1. The predicted octanol–water partition coefficient (Wildman–Crippen LogP) is 5.30. The SMILES string of the molecule is C=C(O)c1cnn(Cc2nc(-c3cccc(OCc4ccc(F)cc4)c3)cs2)c1. The highest BCUT2D eigenvalue weighted by molar-refractivity contribution is 7.09. The minimum atomic E-state index is -0.261. The maximum absolute atomic E-state index is 13.0. The lowest BCUT2D eigenvalue weighted by Crippen LogP contribution is -1.99. The monoisotopic (exact) mass is 407 g/mol. The average molecular weight is 407 g/mol. The van der Waals surface area contributed by atoms with Crippen LogP contribution in [-0.4, -0.2) is 19.9 Å². The quantitative estimate of drug-likeness (QED) is 0.422. The van der Waals surface area contributed by atoms with Gasteiger partial charge in [-0.1, -0.05) is 30.8 Å². The second-order valence-electron chi connectivity index (χ2n) is 6.44. The zero-order valence-electron chi connectivity index (χ0n) is 15.5. The van der Waals surface area contributed by atoms with E-state index in [1.807, 2.05) is 29.6 Å². The lowest BCUT2D eigenvalue weighted by Gasteiger charge is -2.07. The molecule has 0 amide bonds. The Morgan fingerprint density at radius 2 is 2.03 bits per heavy atom. The van der Waals surface area contributed by atoms with Crippen molar-refractivity contribution in [3.05, 3.63) is 94.8 Å². The minimum absolute atomic E-state index is 0.00599. The molecule has 4 rings (SSSR count). The first kappa shape index (κ1) is 18.9. The first-order valence-electron chi connectivity index (χ1n) is 8.89. The van der Waals surface area contributed by atoms with Gasteiger partial charge in [-0.2, -0.15) is 5.10 Å². The fourth-order valence-electron chi connectivity index (χ4n) is 2.75. The lowest BCUT2D eigenvalue weighted by atomic mass is 10.1. The third kappa shape index (κ3) is 4.70. The van der Waals surface area contributed by atoms with Crippen molar-refractivity contribution in [1.82, 2.24) is 14.8 Å². The van der Waals surface area contributed by atoms with Crippen LogP contribution in [0.1, 0.15) is 16.1 Å². The zero-order chi connectivity index (χ0) is 20.2. The number of thiazole rings is 1. The van der Waals surface area contributed by atoms with Crippen LogP contribution < -0.4 is 4.74 Å². The summed E-state index contributed by atoms with van der Waals surface area (Å²) in [6, 6.07) is 14.0. The number of benzene rings is 2. The Hall–Kier alpha value is -3.45. The Kier molecular flexibility index (Phi) is 5.39. The third-order valence-corrected chi connectivity index (χ3v) is 5.10. The van der Waals surface area contributed by atoms with Crippen molar-refractivity contribution >= 4 is 17.1 Å². The van der Waals surface area contributed by atoms with Crippen LogP contribution in [0.15, 0.2) is 72.9 Å². The molecule has 0 aliphatic carbocycles. The van der Waals surface area contributed by atoms with E-state index in [0.717, 1.165) is 27.6 Å². The van der Waals surface area contributed by atoms with Crippen LogP contribution in [0.4, 0.5) is 4.39 Å². The van der Waals surface area contributed by atoms with Crippen LogP contribution in [0.5, 0.6) is 5.75 Å². The van der Waals surface area contributed by atoms with Gasteiger partial charge in [-0.15, -0.1) is 11.3 Å². The lowest BCUT2D eigenvalue weighted by molar-refractivity contribution is 0.306.